The first-order chi connectivity index (χ1) is 14.5. The van der Waals surface area contributed by atoms with Crippen molar-refractivity contribution in [3.63, 3.8) is 0 Å². The first-order valence-corrected chi connectivity index (χ1v) is 9.88. The van der Waals surface area contributed by atoms with Crippen molar-refractivity contribution in [3.8, 4) is 0 Å². The summed E-state index contributed by atoms with van der Waals surface area (Å²) >= 11 is 5.78. The summed E-state index contributed by atoms with van der Waals surface area (Å²) in [5, 5.41) is 7.95. The fourth-order valence-corrected chi connectivity index (χ4v) is 3.20. The molecule has 30 heavy (non-hydrogen) atoms. The van der Waals surface area contributed by atoms with Crippen molar-refractivity contribution in [2.24, 2.45) is 10.3 Å². The van der Waals surface area contributed by atoms with Gasteiger partial charge in [0, 0.05) is 24.3 Å². The van der Waals surface area contributed by atoms with E-state index in [0.717, 1.165) is 37.6 Å². The first-order valence-electron chi connectivity index (χ1n) is 9.50. The van der Waals surface area contributed by atoms with Crippen LogP contribution in [0.5, 0.6) is 0 Å². The minimum atomic E-state index is -0.362. The van der Waals surface area contributed by atoms with Gasteiger partial charge in [-0.3, -0.25) is 0 Å². The number of morpholine rings is 1. The number of hydrogen-bond acceptors (Lipinski definition) is 6. The third kappa shape index (κ3) is 7.00. The van der Waals surface area contributed by atoms with Gasteiger partial charge in [0.2, 0.25) is 0 Å². The molecule has 8 heteroatoms. The van der Waals surface area contributed by atoms with Gasteiger partial charge in [-0.1, -0.05) is 34.0 Å². The van der Waals surface area contributed by atoms with Gasteiger partial charge in [0.15, 0.2) is 0 Å². The second-order valence-electron chi connectivity index (χ2n) is 6.49. The van der Waals surface area contributed by atoms with Crippen LogP contribution < -0.4 is 4.90 Å². The van der Waals surface area contributed by atoms with Gasteiger partial charge >= 0.3 is 0 Å². The molecule has 1 aliphatic heterocycles. The Hall–Kier alpha value is -2.64. The SMILES string of the molecule is CON=C(C)c1ccc(F)cc1Cl.CON=C(C)c1ccc(N2CCOCC2)cc1. The molecule has 0 spiro atoms. The first kappa shape index (κ1) is 23.6. The number of oxime groups is 2. The zero-order chi connectivity index (χ0) is 21.9. The van der Waals surface area contributed by atoms with Crippen LogP contribution in [0, 0.1) is 5.82 Å². The summed E-state index contributed by atoms with van der Waals surface area (Å²) in [6.45, 7) is 7.22. The summed E-state index contributed by atoms with van der Waals surface area (Å²) in [5.74, 6) is -0.362. The summed E-state index contributed by atoms with van der Waals surface area (Å²) in [4.78, 5) is 11.7. The molecule has 2 aromatic rings. The van der Waals surface area contributed by atoms with Crippen molar-refractivity contribution in [2.45, 2.75) is 13.8 Å². The van der Waals surface area contributed by atoms with Gasteiger partial charge in [-0.05, 0) is 49.7 Å². The predicted molar refractivity (Wildman–Crippen MR) is 119 cm³/mol. The molecule has 1 saturated heterocycles. The zero-order valence-corrected chi connectivity index (χ0v) is 18.4. The van der Waals surface area contributed by atoms with Crippen LogP contribution in [0.25, 0.3) is 0 Å². The maximum Gasteiger partial charge on any atom is 0.124 e. The Labute approximate surface area is 181 Å². The summed E-state index contributed by atoms with van der Waals surface area (Å²) in [7, 11) is 3.01. The monoisotopic (exact) mass is 435 g/mol. The van der Waals surface area contributed by atoms with Crippen molar-refractivity contribution >= 4 is 28.7 Å². The highest BCUT2D eigenvalue weighted by Gasteiger charge is 2.11. The quantitative estimate of drug-likeness (QED) is 0.502. The molecule has 1 aliphatic rings. The van der Waals surface area contributed by atoms with Crippen molar-refractivity contribution in [1.82, 2.24) is 0 Å². The molecule has 0 amide bonds. The minimum absolute atomic E-state index is 0.332. The lowest BCUT2D eigenvalue weighted by molar-refractivity contribution is 0.122. The lowest BCUT2D eigenvalue weighted by Gasteiger charge is -2.28. The molecule has 1 fully saturated rings. The van der Waals surface area contributed by atoms with Crippen molar-refractivity contribution in [1.29, 1.82) is 0 Å². The Morgan fingerprint density at radius 2 is 1.57 bits per heavy atom. The van der Waals surface area contributed by atoms with Crippen LogP contribution in [0.4, 0.5) is 10.1 Å². The molecule has 0 N–H and O–H groups in total. The van der Waals surface area contributed by atoms with Crippen LogP contribution in [-0.4, -0.2) is 51.9 Å². The van der Waals surface area contributed by atoms with E-state index in [-0.39, 0.29) is 5.82 Å². The number of ether oxygens (including phenoxy) is 1. The van der Waals surface area contributed by atoms with E-state index in [2.05, 4.69) is 44.3 Å². The van der Waals surface area contributed by atoms with Gasteiger partial charge in [-0.2, -0.15) is 0 Å². The lowest BCUT2D eigenvalue weighted by Crippen LogP contribution is -2.36. The molecular formula is C22H27ClFN3O3. The lowest BCUT2D eigenvalue weighted by atomic mass is 10.1. The summed E-state index contributed by atoms with van der Waals surface area (Å²) in [6, 6.07) is 12.5. The van der Waals surface area contributed by atoms with Crippen molar-refractivity contribution in [3.05, 3.63) is 64.4 Å². The van der Waals surface area contributed by atoms with Gasteiger partial charge in [-0.25, -0.2) is 4.39 Å². The third-order valence-corrected chi connectivity index (χ3v) is 4.75. The fourth-order valence-electron chi connectivity index (χ4n) is 2.89. The number of halogens is 2. The Balaban J connectivity index is 0.000000222. The summed E-state index contributed by atoms with van der Waals surface area (Å²) in [5.41, 5.74) is 4.50. The highest BCUT2D eigenvalue weighted by molar-refractivity contribution is 6.34. The molecular weight excluding hydrogens is 409 g/mol. The third-order valence-electron chi connectivity index (χ3n) is 4.44. The van der Waals surface area contributed by atoms with Crippen LogP contribution in [0.15, 0.2) is 52.8 Å². The zero-order valence-electron chi connectivity index (χ0n) is 17.7. The van der Waals surface area contributed by atoms with Crippen molar-refractivity contribution < 1.29 is 18.8 Å². The van der Waals surface area contributed by atoms with E-state index in [9.17, 15) is 4.39 Å². The molecule has 0 unspecified atom stereocenters. The second-order valence-corrected chi connectivity index (χ2v) is 6.90. The molecule has 0 radical (unpaired) electrons. The molecule has 0 bridgehead atoms. The maximum atomic E-state index is 12.6. The Morgan fingerprint density at radius 3 is 2.13 bits per heavy atom. The Morgan fingerprint density at radius 1 is 0.967 bits per heavy atom. The molecule has 162 valence electrons. The van der Waals surface area contributed by atoms with Crippen LogP contribution in [0.1, 0.15) is 25.0 Å². The number of rotatable bonds is 5. The van der Waals surface area contributed by atoms with Crippen LogP contribution in [0.3, 0.4) is 0 Å². The second kappa shape index (κ2) is 12.1. The smallest absolute Gasteiger partial charge is 0.124 e. The van der Waals surface area contributed by atoms with Gasteiger partial charge in [0.25, 0.3) is 0 Å². The van der Waals surface area contributed by atoms with Crippen molar-refractivity contribution in [2.75, 3.05) is 45.4 Å². The van der Waals surface area contributed by atoms with Crippen LogP contribution in [0.2, 0.25) is 5.02 Å². The fraction of sp³-hybridized carbons (Fsp3) is 0.364. The van der Waals surface area contributed by atoms with E-state index in [0.29, 0.717) is 16.3 Å². The minimum Gasteiger partial charge on any atom is -0.399 e. The summed E-state index contributed by atoms with van der Waals surface area (Å²) in [6.07, 6.45) is 0. The largest absolute Gasteiger partial charge is 0.399 e. The van der Waals surface area contributed by atoms with E-state index in [4.69, 9.17) is 21.2 Å². The van der Waals surface area contributed by atoms with Crippen LogP contribution in [-0.2, 0) is 14.4 Å². The molecule has 1 heterocycles. The van der Waals surface area contributed by atoms with Gasteiger partial charge in [0.1, 0.15) is 20.0 Å². The normalized spacial score (nSPS) is 14.7. The molecule has 0 aromatic heterocycles. The molecule has 3 rings (SSSR count). The molecule has 2 aromatic carbocycles. The van der Waals surface area contributed by atoms with E-state index < -0.39 is 0 Å². The average Bonchev–Trinajstić information content (AvgIpc) is 2.75. The molecule has 0 saturated carbocycles. The standard InChI is InChI=1S/C13H18N2O2.C9H9ClFNO/c1-11(14-16-2)12-3-5-13(6-4-12)15-7-9-17-10-8-15;1-6(12-13-2)8-4-3-7(11)5-9(8)10/h3-6H,7-10H2,1-2H3;3-5H,1-2H3. The molecule has 0 aliphatic carbocycles. The highest BCUT2D eigenvalue weighted by Crippen LogP contribution is 2.18. The number of nitrogens with zero attached hydrogens (tertiary/aromatic N) is 3. The van der Waals surface area contributed by atoms with Gasteiger partial charge < -0.3 is 19.3 Å². The predicted octanol–water partition coefficient (Wildman–Crippen LogP) is 4.74. The number of benzene rings is 2. The average molecular weight is 436 g/mol. The summed E-state index contributed by atoms with van der Waals surface area (Å²) < 4.78 is 18.0. The van der Waals surface area contributed by atoms with E-state index in [1.165, 1.54) is 24.9 Å². The van der Waals surface area contributed by atoms with Gasteiger partial charge in [0.05, 0.1) is 29.7 Å². The Bertz CT molecular complexity index is 866. The topological polar surface area (TPSA) is 55.7 Å². The van der Waals surface area contributed by atoms with E-state index >= 15 is 0 Å². The number of hydrogen-bond donors (Lipinski definition) is 0. The molecule has 0 atom stereocenters. The van der Waals surface area contributed by atoms with Gasteiger partial charge in [-0.15, -0.1) is 0 Å². The highest BCUT2D eigenvalue weighted by atomic mass is 35.5. The Kier molecular flexibility index (Phi) is 9.57. The molecule has 6 nitrogen and oxygen atoms in total. The van der Waals surface area contributed by atoms with Crippen LogP contribution >= 0.6 is 11.6 Å². The number of anilines is 1. The van der Waals surface area contributed by atoms with E-state index in [1.54, 1.807) is 20.1 Å². The van der Waals surface area contributed by atoms with E-state index in [1.807, 2.05) is 6.92 Å². The maximum absolute atomic E-state index is 12.6.